The fourth-order valence-electron chi connectivity index (χ4n) is 1.93. The normalized spacial score (nSPS) is 10.7. The summed E-state index contributed by atoms with van der Waals surface area (Å²) in [6.07, 6.45) is 7.57. The Balaban J connectivity index is 0.000000138. The number of rotatable bonds is 0. The van der Waals surface area contributed by atoms with Gasteiger partial charge in [0.1, 0.15) is 12.5 Å². The van der Waals surface area contributed by atoms with Crippen LogP contribution in [0, 0.1) is 0 Å². The molecular weight excluding hydrogens is 322 g/mol. The van der Waals surface area contributed by atoms with Crippen LogP contribution in [0.4, 0.5) is 11.4 Å². The Morgan fingerprint density at radius 1 is 0.792 bits per heavy atom. The molecule has 0 bridgehead atoms. The van der Waals surface area contributed by atoms with Crippen LogP contribution in [0.2, 0.25) is 0 Å². The van der Waals surface area contributed by atoms with E-state index in [2.05, 4.69) is 72.9 Å². The zero-order valence-corrected chi connectivity index (χ0v) is 13.5. The predicted octanol–water partition coefficient (Wildman–Crippen LogP) is 5.24. The first-order valence-electron chi connectivity index (χ1n) is 7.23. The van der Waals surface area contributed by atoms with Crippen LogP contribution in [0.25, 0.3) is 0 Å². The molecule has 0 unspecified atom stereocenters. The molecule has 4 aromatic rings. The number of hydrogen-bond donors (Lipinski definition) is 1. The molecule has 0 amide bonds. The topological polar surface area (TPSA) is 64.1 Å². The van der Waals surface area contributed by atoms with Crippen molar-refractivity contribution in [3.63, 3.8) is 0 Å². The molecule has 3 heterocycles. The highest BCUT2D eigenvalue weighted by Crippen LogP contribution is 2.43. The maximum absolute atomic E-state index is 4.47. The van der Waals surface area contributed by atoms with E-state index in [1.165, 1.54) is 40.1 Å². The minimum Gasteiger partial charge on any atom is -0.452 e. The van der Waals surface area contributed by atoms with Crippen molar-refractivity contribution >= 4 is 23.1 Å². The second-order valence-corrected chi connectivity index (χ2v) is 5.67. The maximum atomic E-state index is 4.47. The third kappa shape index (κ3) is 4.50. The van der Waals surface area contributed by atoms with Gasteiger partial charge >= 0.3 is 0 Å². The molecule has 1 N–H and O–H groups in total. The van der Waals surface area contributed by atoms with Gasteiger partial charge in [0.15, 0.2) is 6.39 Å². The number of benzene rings is 2. The summed E-state index contributed by atoms with van der Waals surface area (Å²) < 4.78 is 8.81. The Hall–Kier alpha value is -2.99. The SMILES string of the molecule is c1ccc2c(c1)Nc1ccccc1S2.c1cnoc1.c1cocn1. The lowest BCUT2D eigenvalue weighted by Gasteiger charge is -2.19. The van der Waals surface area contributed by atoms with Crippen LogP contribution in [0.15, 0.2) is 105 Å². The third-order valence-corrected chi connectivity index (χ3v) is 4.11. The lowest BCUT2D eigenvalue weighted by Crippen LogP contribution is -1.98. The van der Waals surface area contributed by atoms with Gasteiger partial charge in [-0.25, -0.2) is 4.98 Å². The van der Waals surface area contributed by atoms with Gasteiger partial charge in [-0.05, 0) is 30.3 Å². The van der Waals surface area contributed by atoms with Gasteiger partial charge < -0.3 is 14.3 Å². The third-order valence-electron chi connectivity index (χ3n) is 2.96. The number of para-hydroxylation sites is 2. The second kappa shape index (κ2) is 8.59. The van der Waals surface area contributed by atoms with Crippen molar-refractivity contribution in [1.29, 1.82) is 0 Å². The van der Waals surface area contributed by atoms with E-state index in [0.717, 1.165) is 0 Å². The number of nitrogens with one attached hydrogen (secondary N) is 1. The van der Waals surface area contributed by atoms with Crippen LogP contribution in [0.1, 0.15) is 0 Å². The van der Waals surface area contributed by atoms with Crippen molar-refractivity contribution in [3.8, 4) is 0 Å². The molecule has 6 heteroatoms. The van der Waals surface area contributed by atoms with Gasteiger partial charge in [0.25, 0.3) is 0 Å². The standard InChI is InChI=1S/C12H9NS.2C3H3NO/c1-3-7-11-9(5-1)13-10-6-2-4-8-12(10)14-11;1-2-5-3-4-1;1-2-4-5-3-1/h1-8,13H;2*1-3H. The van der Waals surface area contributed by atoms with Crippen molar-refractivity contribution in [3.05, 3.63) is 85.9 Å². The largest absolute Gasteiger partial charge is 0.452 e. The molecule has 2 aromatic carbocycles. The maximum Gasteiger partial charge on any atom is 0.180 e. The molecule has 2 aromatic heterocycles. The number of nitrogens with zero attached hydrogens (tertiary/aromatic N) is 2. The van der Waals surface area contributed by atoms with E-state index in [-0.39, 0.29) is 0 Å². The molecule has 1 aliphatic rings. The molecule has 24 heavy (non-hydrogen) atoms. The highest BCUT2D eigenvalue weighted by Gasteiger charge is 2.13. The molecule has 0 spiro atoms. The number of hydrogen-bond acceptors (Lipinski definition) is 6. The Morgan fingerprint density at radius 3 is 1.92 bits per heavy atom. The summed E-state index contributed by atoms with van der Waals surface area (Å²) in [5.74, 6) is 0. The summed E-state index contributed by atoms with van der Waals surface area (Å²) in [5, 5.41) is 6.77. The minimum atomic E-state index is 1.20. The van der Waals surface area contributed by atoms with Crippen molar-refractivity contribution in [1.82, 2.24) is 10.1 Å². The van der Waals surface area contributed by atoms with Crippen LogP contribution < -0.4 is 5.32 Å². The van der Waals surface area contributed by atoms with E-state index in [4.69, 9.17) is 0 Å². The first kappa shape index (κ1) is 15.9. The Labute approximate surface area is 143 Å². The lowest BCUT2D eigenvalue weighted by molar-refractivity contribution is 0.420. The predicted molar refractivity (Wildman–Crippen MR) is 93.3 cm³/mol. The fourth-order valence-corrected chi connectivity index (χ4v) is 2.92. The van der Waals surface area contributed by atoms with Crippen LogP contribution >= 0.6 is 11.8 Å². The van der Waals surface area contributed by atoms with E-state index >= 15 is 0 Å². The summed E-state index contributed by atoms with van der Waals surface area (Å²) in [7, 11) is 0. The first-order chi connectivity index (χ1) is 11.9. The van der Waals surface area contributed by atoms with E-state index in [0.29, 0.717) is 0 Å². The molecule has 5 rings (SSSR count). The highest BCUT2D eigenvalue weighted by molar-refractivity contribution is 7.99. The van der Waals surface area contributed by atoms with Gasteiger partial charge in [-0.15, -0.1) is 0 Å². The molecule has 0 atom stereocenters. The number of anilines is 2. The van der Waals surface area contributed by atoms with Gasteiger partial charge in [0.2, 0.25) is 0 Å². The molecule has 0 radical (unpaired) electrons. The zero-order chi connectivity index (χ0) is 16.5. The summed E-state index contributed by atoms with van der Waals surface area (Å²) in [4.78, 5) is 6.15. The quantitative estimate of drug-likeness (QED) is 0.417. The Morgan fingerprint density at radius 2 is 1.50 bits per heavy atom. The summed E-state index contributed by atoms with van der Waals surface area (Å²) in [6, 6.07) is 18.5. The molecule has 0 fully saturated rings. The van der Waals surface area contributed by atoms with Crippen LogP contribution in [0.3, 0.4) is 0 Å². The average molecular weight is 337 g/mol. The van der Waals surface area contributed by atoms with E-state index in [1.54, 1.807) is 18.5 Å². The first-order valence-corrected chi connectivity index (χ1v) is 8.04. The van der Waals surface area contributed by atoms with E-state index < -0.39 is 0 Å². The molecule has 5 nitrogen and oxygen atoms in total. The smallest absolute Gasteiger partial charge is 0.180 e. The number of aromatic nitrogens is 2. The monoisotopic (exact) mass is 337 g/mol. The summed E-state index contributed by atoms with van der Waals surface area (Å²) in [6.45, 7) is 0. The average Bonchev–Trinajstić information content (AvgIpc) is 3.38. The van der Waals surface area contributed by atoms with Crippen LogP contribution in [-0.2, 0) is 0 Å². The molecule has 0 saturated carbocycles. The lowest BCUT2D eigenvalue weighted by atomic mass is 10.2. The molecule has 120 valence electrons. The minimum absolute atomic E-state index is 1.20. The molecule has 1 aliphatic heterocycles. The fraction of sp³-hybridized carbons (Fsp3) is 0. The Kier molecular flexibility index (Phi) is 5.69. The zero-order valence-electron chi connectivity index (χ0n) is 12.7. The van der Waals surface area contributed by atoms with Crippen molar-refractivity contribution in [2.24, 2.45) is 0 Å². The van der Waals surface area contributed by atoms with Gasteiger partial charge in [0, 0.05) is 9.79 Å². The van der Waals surface area contributed by atoms with Crippen molar-refractivity contribution < 1.29 is 8.94 Å². The summed E-state index contributed by atoms with van der Waals surface area (Å²) in [5.41, 5.74) is 2.41. The second-order valence-electron chi connectivity index (χ2n) is 4.58. The molecular formula is C18H15N3O2S. The number of oxazole rings is 1. The van der Waals surface area contributed by atoms with Crippen LogP contribution in [0.5, 0.6) is 0 Å². The van der Waals surface area contributed by atoms with Gasteiger partial charge in [0.05, 0.1) is 23.8 Å². The number of fused-ring (bicyclic) bond motifs is 2. The summed E-state index contributed by atoms with van der Waals surface area (Å²) >= 11 is 1.82. The van der Waals surface area contributed by atoms with Crippen molar-refractivity contribution in [2.75, 3.05) is 5.32 Å². The highest BCUT2D eigenvalue weighted by atomic mass is 32.2. The van der Waals surface area contributed by atoms with Crippen molar-refractivity contribution in [2.45, 2.75) is 9.79 Å². The Bertz CT molecular complexity index is 685. The van der Waals surface area contributed by atoms with Gasteiger partial charge in [-0.3, -0.25) is 0 Å². The molecule has 0 saturated heterocycles. The molecule has 0 aliphatic carbocycles. The van der Waals surface area contributed by atoms with Crippen LogP contribution in [-0.4, -0.2) is 10.1 Å². The van der Waals surface area contributed by atoms with E-state index in [1.807, 2.05) is 11.8 Å². The van der Waals surface area contributed by atoms with Gasteiger partial charge in [-0.1, -0.05) is 41.2 Å². The van der Waals surface area contributed by atoms with E-state index in [9.17, 15) is 0 Å². The van der Waals surface area contributed by atoms with Gasteiger partial charge in [-0.2, -0.15) is 0 Å².